The van der Waals surface area contributed by atoms with Crippen molar-refractivity contribution in [2.45, 2.75) is 12.1 Å². The van der Waals surface area contributed by atoms with Gasteiger partial charge in [0.05, 0.1) is 13.7 Å². The first-order valence-electron chi connectivity index (χ1n) is 8.99. The molecule has 2 aromatic carbocycles. The van der Waals surface area contributed by atoms with Gasteiger partial charge in [0, 0.05) is 26.5 Å². The number of fused-ring (bicyclic) bond motifs is 2. The van der Waals surface area contributed by atoms with Crippen LogP contribution in [-0.4, -0.2) is 28.7 Å². The van der Waals surface area contributed by atoms with E-state index in [9.17, 15) is 14.7 Å². The minimum absolute atomic E-state index is 0.00772. The summed E-state index contributed by atoms with van der Waals surface area (Å²) in [6.07, 6.45) is 1.76. The monoisotopic (exact) mass is 407 g/mol. The van der Waals surface area contributed by atoms with Crippen LogP contribution in [0.3, 0.4) is 0 Å². The number of carbonyl (C=O) groups is 2. The number of imide groups is 1. The highest BCUT2D eigenvalue weighted by Gasteiger charge is 2.49. The predicted octanol–water partition coefficient (Wildman–Crippen LogP) is 3.31. The van der Waals surface area contributed by atoms with E-state index in [-0.39, 0.29) is 12.4 Å². The van der Waals surface area contributed by atoms with Crippen molar-refractivity contribution in [3.63, 3.8) is 0 Å². The number of hydrogen-bond donors (Lipinski definition) is 3. The maximum Gasteiger partial charge on any atom is 0.322 e. The number of methoxy groups -OCH3 is 1. The summed E-state index contributed by atoms with van der Waals surface area (Å²) in [6.45, 7) is 0.0558. The highest BCUT2D eigenvalue weighted by Crippen LogP contribution is 2.39. The number of aromatic hydroxyl groups is 1. The molecule has 1 fully saturated rings. The van der Waals surface area contributed by atoms with Gasteiger partial charge in [-0.2, -0.15) is 0 Å². The normalized spacial score (nSPS) is 18.9. The number of aromatic nitrogens is 1. The van der Waals surface area contributed by atoms with Gasteiger partial charge in [-0.05, 0) is 35.7 Å². The molecular formula is C21H17N3O4S. The van der Waals surface area contributed by atoms with E-state index >= 15 is 0 Å². The summed E-state index contributed by atoms with van der Waals surface area (Å²) in [5, 5.41) is 18.3. The standard InChI is InChI=1S/C21H17N3O4S/c1-28-14-7-6-13-10-24(18(25)15(13)9-14)11-21(19(26)22-20(27)23-21)17-8-12-4-2-3-5-16(12)29-17/h2-10,25H,11H2,1H3,(H2,22,23,26,27)/t21-/m0/s1. The van der Waals surface area contributed by atoms with Crippen molar-refractivity contribution >= 4 is 44.1 Å². The molecule has 0 radical (unpaired) electrons. The van der Waals surface area contributed by atoms with Crippen LogP contribution in [0.25, 0.3) is 20.9 Å². The van der Waals surface area contributed by atoms with Gasteiger partial charge in [0.15, 0.2) is 11.4 Å². The van der Waals surface area contributed by atoms with E-state index in [0.29, 0.717) is 16.0 Å². The highest BCUT2D eigenvalue weighted by molar-refractivity contribution is 7.19. The molecule has 146 valence electrons. The molecule has 0 unspecified atom stereocenters. The maximum atomic E-state index is 12.9. The van der Waals surface area contributed by atoms with Crippen LogP contribution in [0.2, 0.25) is 0 Å². The molecule has 4 aromatic rings. The van der Waals surface area contributed by atoms with Gasteiger partial charge >= 0.3 is 6.03 Å². The number of amides is 3. The van der Waals surface area contributed by atoms with E-state index in [2.05, 4.69) is 10.6 Å². The minimum atomic E-state index is -1.31. The van der Waals surface area contributed by atoms with Crippen molar-refractivity contribution in [2.24, 2.45) is 0 Å². The Labute approximate surface area is 169 Å². The van der Waals surface area contributed by atoms with Crippen molar-refractivity contribution in [3.8, 4) is 11.6 Å². The van der Waals surface area contributed by atoms with Crippen molar-refractivity contribution in [3.05, 3.63) is 59.6 Å². The smallest absolute Gasteiger partial charge is 0.322 e. The van der Waals surface area contributed by atoms with Gasteiger partial charge in [0.25, 0.3) is 5.91 Å². The first-order chi connectivity index (χ1) is 14.0. The molecule has 7 nitrogen and oxygen atoms in total. The number of nitrogens with one attached hydrogen (secondary N) is 2. The van der Waals surface area contributed by atoms with Gasteiger partial charge in [-0.15, -0.1) is 11.3 Å². The Morgan fingerprint density at radius 1 is 1.14 bits per heavy atom. The Kier molecular flexibility index (Phi) is 3.78. The molecule has 29 heavy (non-hydrogen) atoms. The van der Waals surface area contributed by atoms with E-state index in [1.54, 1.807) is 30.0 Å². The Bertz CT molecular complexity index is 1260. The number of rotatable bonds is 4. The number of benzene rings is 2. The molecule has 8 heteroatoms. The van der Waals surface area contributed by atoms with Gasteiger partial charge in [-0.3, -0.25) is 10.1 Å². The number of thiophene rings is 1. The van der Waals surface area contributed by atoms with Crippen LogP contribution in [0.5, 0.6) is 11.6 Å². The quantitative estimate of drug-likeness (QED) is 0.453. The van der Waals surface area contributed by atoms with E-state index in [1.807, 2.05) is 36.4 Å². The zero-order valence-electron chi connectivity index (χ0n) is 15.4. The predicted molar refractivity (Wildman–Crippen MR) is 110 cm³/mol. The van der Waals surface area contributed by atoms with E-state index in [1.165, 1.54) is 11.3 Å². The van der Waals surface area contributed by atoms with Crippen LogP contribution in [-0.2, 0) is 16.9 Å². The molecule has 0 saturated carbocycles. The number of nitrogens with zero attached hydrogens (tertiary/aromatic N) is 1. The molecule has 3 heterocycles. The van der Waals surface area contributed by atoms with Crippen molar-refractivity contribution < 1.29 is 19.4 Å². The molecule has 1 atom stereocenters. The largest absolute Gasteiger partial charge is 0.497 e. The molecule has 0 bridgehead atoms. The van der Waals surface area contributed by atoms with Gasteiger partial charge in [0.1, 0.15) is 5.75 Å². The zero-order valence-corrected chi connectivity index (χ0v) is 16.2. The lowest BCUT2D eigenvalue weighted by molar-refractivity contribution is -0.124. The lowest BCUT2D eigenvalue weighted by atomic mass is 9.97. The molecule has 1 aliphatic heterocycles. The average molecular weight is 407 g/mol. The van der Waals surface area contributed by atoms with Crippen LogP contribution < -0.4 is 15.4 Å². The number of ether oxygens (including phenoxy) is 1. The van der Waals surface area contributed by atoms with Crippen LogP contribution in [0.4, 0.5) is 4.79 Å². The average Bonchev–Trinajstić information content (AvgIpc) is 3.36. The lowest BCUT2D eigenvalue weighted by Crippen LogP contribution is -2.46. The van der Waals surface area contributed by atoms with E-state index in [4.69, 9.17) is 4.74 Å². The first kappa shape index (κ1) is 17.6. The fraction of sp³-hybridized carbons (Fsp3) is 0.143. The molecule has 1 aliphatic rings. The van der Waals surface area contributed by atoms with Gasteiger partial charge < -0.3 is 19.7 Å². The Morgan fingerprint density at radius 2 is 1.97 bits per heavy atom. The SMILES string of the molecule is COc1ccc2cn(C[C@@]3(c4cc5ccccc5s4)NC(=O)NC3=O)c(O)c2c1. The lowest BCUT2D eigenvalue weighted by Gasteiger charge is -2.25. The van der Waals surface area contributed by atoms with Crippen LogP contribution in [0, 0.1) is 0 Å². The number of carbonyl (C=O) groups excluding carboxylic acids is 2. The zero-order chi connectivity index (χ0) is 20.2. The summed E-state index contributed by atoms with van der Waals surface area (Å²) in [5.74, 6) is 0.189. The summed E-state index contributed by atoms with van der Waals surface area (Å²) in [4.78, 5) is 25.7. The van der Waals surface area contributed by atoms with Crippen LogP contribution in [0.15, 0.2) is 54.7 Å². The third-order valence-electron chi connectivity index (χ3n) is 5.26. The third-order valence-corrected chi connectivity index (χ3v) is 6.54. The molecular weight excluding hydrogens is 390 g/mol. The molecule has 2 aromatic heterocycles. The summed E-state index contributed by atoms with van der Waals surface area (Å²) in [6, 6.07) is 14.5. The molecule has 0 aliphatic carbocycles. The van der Waals surface area contributed by atoms with Gasteiger partial charge in [-0.25, -0.2) is 4.79 Å². The molecule has 0 spiro atoms. The van der Waals surface area contributed by atoms with Crippen LogP contribution >= 0.6 is 11.3 Å². The molecule has 1 saturated heterocycles. The van der Waals surface area contributed by atoms with Gasteiger partial charge in [-0.1, -0.05) is 18.2 Å². The first-order valence-corrected chi connectivity index (χ1v) is 9.80. The topological polar surface area (TPSA) is 92.6 Å². The third kappa shape index (κ3) is 2.64. The Hall–Kier alpha value is -3.52. The summed E-state index contributed by atoms with van der Waals surface area (Å²) < 4.78 is 7.83. The highest BCUT2D eigenvalue weighted by atomic mass is 32.1. The maximum absolute atomic E-state index is 12.9. The fourth-order valence-corrected chi connectivity index (χ4v) is 4.97. The summed E-state index contributed by atoms with van der Waals surface area (Å²) in [7, 11) is 1.56. The van der Waals surface area contributed by atoms with Crippen molar-refractivity contribution in [2.75, 3.05) is 7.11 Å². The van der Waals surface area contributed by atoms with Crippen molar-refractivity contribution in [1.82, 2.24) is 15.2 Å². The summed E-state index contributed by atoms with van der Waals surface area (Å²) >= 11 is 1.45. The molecule has 5 rings (SSSR count). The number of urea groups is 1. The second-order valence-electron chi connectivity index (χ2n) is 7.00. The van der Waals surface area contributed by atoms with Crippen molar-refractivity contribution in [1.29, 1.82) is 0 Å². The van der Waals surface area contributed by atoms with E-state index in [0.717, 1.165) is 15.5 Å². The number of hydrogen-bond acceptors (Lipinski definition) is 5. The fourth-order valence-electron chi connectivity index (χ4n) is 3.77. The minimum Gasteiger partial charge on any atom is -0.497 e. The second kappa shape index (κ2) is 6.25. The van der Waals surface area contributed by atoms with Crippen LogP contribution in [0.1, 0.15) is 4.88 Å². The Balaban J connectivity index is 1.65. The van der Waals surface area contributed by atoms with E-state index < -0.39 is 17.5 Å². The molecule has 3 N–H and O–H groups in total. The van der Waals surface area contributed by atoms with Gasteiger partial charge in [0.2, 0.25) is 0 Å². The molecule has 3 amide bonds. The Morgan fingerprint density at radius 3 is 2.69 bits per heavy atom. The second-order valence-corrected chi connectivity index (χ2v) is 8.08. The summed E-state index contributed by atoms with van der Waals surface area (Å²) in [5.41, 5.74) is -1.31.